The number of benzene rings is 2. The highest BCUT2D eigenvalue weighted by Gasteiger charge is 2.39. The second-order valence-corrected chi connectivity index (χ2v) is 20.9. The zero-order chi connectivity index (χ0) is 44.2. The molecule has 322 valence electrons. The Morgan fingerprint density at radius 2 is 1.17 bits per heavy atom. The van der Waals surface area contributed by atoms with E-state index in [0.29, 0.717) is 41.5 Å². The summed E-state index contributed by atoms with van der Waals surface area (Å²) in [5, 5.41) is 14.9. The summed E-state index contributed by atoms with van der Waals surface area (Å²) < 4.78 is 27.2. The first-order valence-electron chi connectivity index (χ1n) is 19.4. The third-order valence-corrected chi connectivity index (χ3v) is 14.9. The maximum absolute atomic E-state index is 13.7. The van der Waals surface area contributed by atoms with Crippen LogP contribution in [0.5, 0.6) is 11.5 Å². The van der Waals surface area contributed by atoms with Gasteiger partial charge in [-0.25, -0.2) is 9.59 Å². The lowest BCUT2D eigenvalue weighted by atomic mass is 10.1. The van der Waals surface area contributed by atoms with Crippen molar-refractivity contribution in [3.63, 3.8) is 0 Å². The summed E-state index contributed by atoms with van der Waals surface area (Å²) in [6.07, 6.45) is 6.53. The van der Waals surface area contributed by atoms with Gasteiger partial charge >= 0.3 is 12.2 Å². The lowest BCUT2D eigenvalue weighted by Gasteiger charge is -2.38. The van der Waals surface area contributed by atoms with E-state index in [9.17, 15) is 24.3 Å². The van der Waals surface area contributed by atoms with Crippen LogP contribution in [0.4, 0.5) is 21.0 Å². The van der Waals surface area contributed by atoms with Crippen molar-refractivity contribution in [2.24, 2.45) is 0 Å². The minimum absolute atomic E-state index is 0.0604. The third-order valence-electron chi connectivity index (χ3n) is 10.4. The number of nitrogens with zero attached hydrogens (tertiary/aromatic N) is 2. The highest BCUT2D eigenvalue weighted by Crippen LogP contribution is 2.38. The van der Waals surface area contributed by atoms with E-state index in [1.165, 1.54) is 24.2 Å². The summed E-state index contributed by atoms with van der Waals surface area (Å²) >= 11 is 0. The summed E-state index contributed by atoms with van der Waals surface area (Å²) in [6, 6.07) is 6.18. The predicted octanol–water partition coefficient (Wildman–Crippen LogP) is 8.73. The Labute approximate surface area is 350 Å². The Morgan fingerprint density at radius 1 is 0.763 bits per heavy atom. The summed E-state index contributed by atoms with van der Waals surface area (Å²) in [6.45, 7) is 26.0. The van der Waals surface area contributed by atoms with Crippen molar-refractivity contribution in [2.45, 2.75) is 91.5 Å². The van der Waals surface area contributed by atoms with E-state index in [4.69, 9.17) is 23.4 Å². The van der Waals surface area contributed by atoms with E-state index in [2.05, 4.69) is 57.7 Å². The number of rotatable bonds is 14. The highest BCUT2D eigenvalue weighted by atomic mass is 28.4. The zero-order valence-electron chi connectivity index (χ0n) is 36.4. The van der Waals surface area contributed by atoms with E-state index in [1.807, 2.05) is 33.9 Å². The Bertz CT molecular complexity index is 1950. The molecule has 4 amide bonds. The Morgan fingerprint density at radius 3 is 1.54 bits per heavy atom. The van der Waals surface area contributed by atoms with Gasteiger partial charge in [0.05, 0.1) is 62.0 Å². The van der Waals surface area contributed by atoms with Crippen LogP contribution < -0.4 is 20.1 Å². The lowest BCUT2D eigenvalue weighted by molar-refractivity contribution is 0.0728. The van der Waals surface area contributed by atoms with Crippen LogP contribution in [0, 0.1) is 13.8 Å². The summed E-state index contributed by atoms with van der Waals surface area (Å²) in [7, 11) is 1.10. The number of carbonyl (C=O) groups is 4. The molecule has 0 fully saturated rings. The number of hydrogen-bond acceptors (Lipinski definition) is 10. The molecule has 2 aromatic rings. The van der Waals surface area contributed by atoms with E-state index in [0.717, 1.165) is 28.7 Å². The Hall–Kier alpha value is -5.38. The zero-order valence-corrected chi connectivity index (χ0v) is 37.4. The van der Waals surface area contributed by atoms with E-state index < -0.39 is 20.5 Å². The van der Waals surface area contributed by atoms with Crippen molar-refractivity contribution >= 4 is 43.7 Å². The molecule has 4 rings (SSSR count). The monoisotopic (exact) mass is 834 g/mol. The van der Waals surface area contributed by atoms with Gasteiger partial charge in [0.15, 0.2) is 8.32 Å². The SMILES string of the molecule is C=CCOC(=O)Nc1cc(C)c(OC)cc1C(=O)N1C=C(C)C[C@H]1CO.C=CCOC(=O)Nc1cc(C)c(OC)cc1C(=O)N1C=C(C)C[C@H]1CO[Si](C)(C)C(C)(C)C. The number of aliphatic hydroxyl groups is 1. The molecule has 2 aliphatic rings. The van der Waals surface area contributed by atoms with Crippen LogP contribution in [0.1, 0.15) is 79.3 Å². The molecule has 2 aliphatic heterocycles. The number of aryl methyl sites for hydroxylation is 2. The van der Waals surface area contributed by atoms with Crippen molar-refractivity contribution in [2.75, 3.05) is 51.3 Å². The topological polar surface area (TPSA) is 165 Å². The average molecular weight is 835 g/mol. The van der Waals surface area contributed by atoms with Gasteiger partial charge in [0, 0.05) is 12.4 Å². The minimum Gasteiger partial charge on any atom is -0.496 e. The number of aliphatic hydroxyl groups excluding tert-OH is 1. The molecule has 2 heterocycles. The number of amides is 4. The molecule has 2 aromatic carbocycles. The molecule has 0 aliphatic carbocycles. The fourth-order valence-electron chi connectivity index (χ4n) is 6.21. The second kappa shape index (κ2) is 21.0. The minimum atomic E-state index is -1.97. The van der Waals surface area contributed by atoms with E-state index in [-0.39, 0.29) is 54.3 Å². The molecular formula is C44H62N4O10Si. The van der Waals surface area contributed by atoms with Gasteiger partial charge in [-0.05, 0) is 94.1 Å². The van der Waals surface area contributed by atoms with Gasteiger partial charge in [0.1, 0.15) is 24.7 Å². The summed E-state index contributed by atoms with van der Waals surface area (Å²) in [5.74, 6) is 0.530. The lowest BCUT2D eigenvalue weighted by Crippen LogP contribution is -2.45. The number of carbonyl (C=O) groups excluding carboxylic acids is 4. The first-order chi connectivity index (χ1) is 27.7. The summed E-state index contributed by atoms with van der Waals surface area (Å²) in [4.78, 5) is 54.1. The molecule has 3 N–H and O–H groups in total. The van der Waals surface area contributed by atoms with Gasteiger partial charge in [-0.1, -0.05) is 57.2 Å². The third kappa shape index (κ3) is 12.6. The fourth-order valence-corrected chi connectivity index (χ4v) is 7.25. The Balaban J connectivity index is 0.000000324. The average Bonchev–Trinajstić information content (AvgIpc) is 3.76. The number of nitrogens with one attached hydrogen (secondary N) is 2. The number of ether oxygens (including phenoxy) is 4. The molecule has 0 aromatic heterocycles. The smallest absolute Gasteiger partial charge is 0.411 e. The quantitative estimate of drug-likeness (QED) is 0.124. The number of anilines is 2. The first-order valence-corrected chi connectivity index (χ1v) is 22.3. The maximum Gasteiger partial charge on any atom is 0.411 e. The number of methoxy groups -OCH3 is 2. The van der Waals surface area contributed by atoms with Crippen molar-refractivity contribution in [3.05, 3.63) is 95.4 Å². The predicted molar refractivity (Wildman–Crippen MR) is 233 cm³/mol. The van der Waals surface area contributed by atoms with Crippen LogP contribution >= 0.6 is 0 Å². The highest BCUT2D eigenvalue weighted by molar-refractivity contribution is 6.74. The normalized spacial score (nSPS) is 16.2. The molecule has 0 unspecified atom stereocenters. The van der Waals surface area contributed by atoms with Crippen LogP contribution in [-0.2, 0) is 13.9 Å². The van der Waals surface area contributed by atoms with Crippen molar-refractivity contribution in [3.8, 4) is 11.5 Å². The molecule has 0 bridgehead atoms. The van der Waals surface area contributed by atoms with Crippen molar-refractivity contribution in [1.29, 1.82) is 0 Å². The van der Waals surface area contributed by atoms with E-state index in [1.54, 1.807) is 42.5 Å². The molecule has 2 atom stereocenters. The van der Waals surface area contributed by atoms with Crippen LogP contribution in [0.25, 0.3) is 0 Å². The molecule has 0 saturated carbocycles. The van der Waals surface area contributed by atoms with Crippen LogP contribution in [0.15, 0.2) is 73.1 Å². The van der Waals surface area contributed by atoms with Crippen molar-refractivity contribution < 1.29 is 47.7 Å². The second-order valence-electron chi connectivity index (χ2n) is 16.1. The van der Waals surface area contributed by atoms with Gasteiger partial charge in [-0.15, -0.1) is 0 Å². The van der Waals surface area contributed by atoms with Crippen LogP contribution in [0.3, 0.4) is 0 Å². The fraction of sp³-hybridized carbons (Fsp3) is 0.455. The molecule has 14 nitrogen and oxygen atoms in total. The molecule has 0 spiro atoms. The van der Waals surface area contributed by atoms with Crippen LogP contribution in [0.2, 0.25) is 18.1 Å². The molecule has 15 heteroatoms. The molecule has 0 saturated heterocycles. The van der Waals surface area contributed by atoms with Crippen LogP contribution in [-0.4, -0.2) is 100.0 Å². The molecule has 59 heavy (non-hydrogen) atoms. The van der Waals surface area contributed by atoms with Crippen molar-refractivity contribution in [1.82, 2.24) is 9.80 Å². The van der Waals surface area contributed by atoms with E-state index >= 15 is 0 Å². The summed E-state index contributed by atoms with van der Waals surface area (Å²) in [5.41, 5.74) is 4.92. The molecular weight excluding hydrogens is 773 g/mol. The van der Waals surface area contributed by atoms with Gasteiger partial charge < -0.3 is 38.3 Å². The van der Waals surface area contributed by atoms with Gasteiger partial charge in [0.2, 0.25) is 0 Å². The largest absolute Gasteiger partial charge is 0.496 e. The van der Waals surface area contributed by atoms with Gasteiger partial charge in [-0.3, -0.25) is 20.2 Å². The Kier molecular flexibility index (Phi) is 17.1. The van der Waals surface area contributed by atoms with Gasteiger partial charge in [-0.2, -0.15) is 0 Å². The maximum atomic E-state index is 13.7. The molecule has 0 radical (unpaired) electrons. The van der Waals surface area contributed by atoms with Gasteiger partial charge in [0.25, 0.3) is 11.8 Å². The standard InChI is InChI=1S/C25H38N2O5Si.C19H24N2O5/c1-10-11-31-24(29)26-21-13-18(3)22(30-7)14-20(21)23(28)27-15-17(2)12-19(27)16-32-33(8,9)25(4,5)6;1-5-6-26-19(24)20-16-8-13(3)17(25-4)9-15(16)18(23)21-10-12(2)7-14(21)11-22/h10,13-15,19H,1,11-12,16H2,2-9H3,(H,26,29);5,8-10,14,22H,1,6-7,11H2,2-4H3,(H,20,24)/t19-;14-/m00/s1. The number of hydrogen-bond donors (Lipinski definition) is 3. The first kappa shape index (κ1) is 48.0.